The largest absolute Gasteiger partial charge is 0.445 e. The van der Waals surface area contributed by atoms with Crippen molar-refractivity contribution in [3.05, 3.63) is 65.5 Å². The number of benzene rings is 2. The number of thiocarbonyl (C=S) groups is 1. The molecule has 18 heavy (non-hydrogen) atoms. The summed E-state index contributed by atoms with van der Waals surface area (Å²) in [6.07, 6.45) is 0. The van der Waals surface area contributed by atoms with Gasteiger partial charge in [0.1, 0.15) is 5.75 Å². The van der Waals surface area contributed by atoms with Crippen molar-refractivity contribution in [1.82, 2.24) is 0 Å². The van der Waals surface area contributed by atoms with Crippen LogP contribution in [0.5, 0.6) is 5.75 Å². The Kier molecular flexibility index (Phi) is 3.62. The van der Waals surface area contributed by atoms with Gasteiger partial charge in [0.2, 0.25) is 0 Å². The van der Waals surface area contributed by atoms with Crippen LogP contribution in [0.15, 0.2) is 42.5 Å². The molecular formula is C13H7F3OS. The van der Waals surface area contributed by atoms with Gasteiger partial charge in [-0.1, -0.05) is 30.3 Å². The van der Waals surface area contributed by atoms with Crippen molar-refractivity contribution >= 4 is 17.3 Å². The highest BCUT2D eigenvalue weighted by Gasteiger charge is 2.12. The lowest BCUT2D eigenvalue weighted by molar-refractivity contribution is 0.436. The van der Waals surface area contributed by atoms with E-state index in [1.807, 2.05) is 0 Å². The van der Waals surface area contributed by atoms with Gasteiger partial charge >= 0.3 is 0 Å². The molecule has 0 aliphatic heterocycles. The first-order valence-corrected chi connectivity index (χ1v) is 5.40. The zero-order valence-electron chi connectivity index (χ0n) is 8.99. The average molecular weight is 268 g/mol. The lowest BCUT2D eigenvalue weighted by Gasteiger charge is -2.07. The van der Waals surface area contributed by atoms with Crippen LogP contribution in [0, 0.1) is 17.5 Å². The molecule has 0 radical (unpaired) electrons. The second-order valence-corrected chi connectivity index (χ2v) is 3.83. The van der Waals surface area contributed by atoms with E-state index in [-0.39, 0.29) is 10.8 Å². The Morgan fingerprint density at radius 1 is 0.944 bits per heavy atom. The van der Waals surface area contributed by atoms with Crippen molar-refractivity contribution in [2.75, 3.05) is 0 Å². The SMILES string of the molecule is Fc1cc(OC(=S)c2ccccc2)cc(F)c1F. The molecule has 0 fully saturated rings. The number of ether oxygens (including phenoxy) is 1. The van der Waals surface area contributed by atoms with Gasteiger partial charge in [0.15, 0.2) is 22.5 Å². The molecule has 5 heteroatoms. The van der Waals surface area contributed by atoms with Gasteiger partial charge in [-0.15, -0.1) is 0 Å². The van der Waals surface area contributed by atoms with Gasteiger partial charge in [0.05, 0.1) is 0 Å². The van der Waals surface area contributed by atoms with Crippen molar-refractivity contribution in [1.29, 1.82) is 0 Å². The van der Waals surface area contributed by atoms with E-state index in [2.05, 4.69) is 0 Å². The second-order valence-electron chi connectivity index (χ2n) is 3.46. The first-order valence-electron chi connectivity index (χ1n) is 4.99. The Hall–Kier alpha value is -1.88. The monoisotopic (exact) mass is 268 g/mol. The van der Waals surface area contributed by atoms with E-state index in [0.29, 0.717) is 5.56 Å². The number of rotatable bonds is 2. The minimum atomic E-state index is -1.53. The van der Waals surface area contributed by atoms with Crippen LogP contribution in [0.4, 0.5) is 13.2 Å². The Morgan fingerprint density at radius 3 is 2.06 bits per heavy atom. The van der Waals surface area contributed by atoms with Gasteiger partial charge in [-0.3, -0.25) is 0 Å². The third kappa shape index (κ3) is 2.68. The van der Waals surface area contributed by atoms with Crippen LogP contribution >= 0.6 is 12.2 Å². The third-order valence-electron chi connectivity index (χ3n) is 2.18. The van der Waals surface area contributed by atoms with Crippen LogP contribution < -0.4 is 4.74 Å². The first-order chi connectivity index (χ1) is 8.58. The van der Waals surface area contributed by atoms with E-state index in [4.69, 9.17) is 17.0 Å². The molecule has 92 valence electrons. The molecule has 1 nitrogen and oxygen atoms in total. The zero-order valence-corrected chi connectivity index (χ0v) is 9.81. The van der Waals surface area contributed by atoms with Crippen LogP contribution in [0.3, 0.4) is 0 Å². The van der Waals surface area contributed by atoms with E-state index in [0.717, 1.165) is 12.1 Å². The molecule has 0 heterocycles. The van der Waals surface area contributed by atoms with Gasteiger partial charge in [0, 0.05) is 17.7 Å². The maximum Gasteiger partial charge on any atom is 0.198 e. The normalized spacial score (nSPS) is 10.2. The third-order valence-corrected chi connectivity index (χ3v) is 2.50. The summed E-state index contributed by atoms with van der Waals surface area (Å²) in [6, 6.07) is 10.2. The Bertz CT molecular complexity index is 561. The van der Waals surface area contributed by atoms with Crippen LogP contribution in [-0.2, 0) is 0 Å². The predicted octanol–water partition coefficient (Wildman–Crippen LogP) is 3.86. The molecule has 0 spiro atoms. The molecule has 0 N–H and O–H groups in total. The fraction of sp³-hybridized carbons (Fsp3) is 0. The Balaban J connectivity index is 2.23. The summed E-state index contributed by atoms with van der Waals surface area (Å²) >= 11 is 4.96. The fourth-order valence-corrected chi connectivity index (χ4v) is 1.56. The van der Waals surface area contributed by atoms with Gasteiger partial charge in [-0.05, 0) is 12.2 Å². The minimum absolute atomic E-state index is 0.0565. The molecule has 0 saturated heterocycles. The maximum atomic E-state index is 13.0. The van der Waals surface area contributed by atoms with Gasteiger partial charge in [-0.25, -0.2) is 13.2 Å². The summed E-state index contributed by atoms with van der Waals surface area (Å²) in [7, 11) is 0. The topological polar surface area (TPSA) is 9.23 Å². The highest BCUT2D eigenvalue weighted by atomic mass is 32.1. The Morgan fingerprint density at radius 2 is 1.50 bits per heavy atom. The highest BCUT2D eigenvalue weighted by Crippen LogP contribution is 2.20. The number of hydrogen-bond acceptors (Lipinski definition) is 2. The average Bonchev–Trinajstić information content (AvgIpc) is 2.37. The van der Waals surface area contributed by atoms with Crippen LogP contribution in [-0.4, -0.2) is 5.05 Å². The lowest BCUT2D eigenvalue weighted by Crippen LogP contribution is -2.07. The molecule has 2 aromatic carbocycles. The molecule has 2 aromatic rings. The minimum Gasteiger partial charge on any atom is -0.445 e. The number of halogens is 3. The van der Waals surface area contributed by atoms with E-state index in [1.54, 1.807) is 30.3 Å². The molecule has 0 bridgehead atoms. The van der Waals surface area contributed by atoms with Crippen molar-refractivity contribution in [3.63, 3.8) is 0 Å². The molecule has 2 rings (SSSR count). The van der Waals surface area contributed by atoms with Gasteiger partial charge < -0.3 is 4.74 Å². The molecule has 0 aliphatic carbocycles. The summed E-state index contributed by atoms with van der Waals surface area (Å²) in [5, 5.41) is 0.0565. The van der Waals surface area contributed by atoms with Crippen molar-refractivity contribution in [3.8, 4) is 5.75 Å². The van der Waals surface area contributed by atoms with Crippen molar-refractivity contribution in [2.24, 2.45) is 0 Å². The smallest absolute Gasteiger partial charge is 0.198 e. The summed E-state index contributed by atoms with van der Waals surface area (Å²) < 4.78 is 43.7. The van der Waals surface area contributed by atoms with Gasteiger partial charge in [0.25, 0.3) is 0 Å². The summed E-state index contributed by atoms with van der Waals surface area (Å²) in [5.74, 6) is -4.35. The second kappa shape index (κ2) is 5.18. The van der Waals surface area contributed by atoms with Crippen LogP contribution in [0.25, 0.3) is 0 Å². The van der Waals surface area contributed by atoms with Crippen LogP contribution in [0.1, 0.15) is 5.56 Å². The van der Waals surface area contributed by atoms with E-state index < -0.39 is 17.5 Å². The molecule has 0 aromatic heterocycles. The van der Waals surface area contributed by atoms with E-state index in [9.17, 15) is 13.2 Å². The molecule has 0 unspecified atom stereocenters. The zero-order chi connectivity index (χ0) is 13.1. The molecule has 0 amide bonds. The maximum absolute atomic E-state index is 13.0. The standard InChI is InChI=1S/C13H7F3OS/c14-10-6-9(7-11(15)12(10)16)17-13(18)8-4-2-1-3-5-8/h1-7H. The summed E-state index contributed by atoms with van der Waals surface area (Å²) in [6.45, 7) is 0. The van der Waals surface area contributed by atoms with E-state index >= 15 is 0 Å². The van der Waals surface area contributed by atoms with Crippen molar-refractivity contribution < 1.29 is 17.9 Å². The molecule has 0 saturated carbocycles. The number of hydrogen-bond donors (Lipinski definition) is 0. The Labute approximate surface area is 107 Å². The fourth-order valence-electron chi connectivity index (χ4n) is 1.33. The highest BCUT2D eigenvalue weighted by molar-refractivity contribution is 7.80. The lowest BCUT2D eigenvalue weighted by atomic mass is 10.2. The molecular weight excluding hydrogens is 261 g/mol. The van der Waals surface area contributed by atoms with E-state index in [1.165, 1.54) is 0 Å². The predicted molar refractivity (Wildman–Crippen MR) is 65.1 cm³/mol. The van der Waals surface area contributed by atoms with Gasteiger partial charge in [-0.2, -0.15) is 0 Å². The van der Waals surface area contributed by atoms with Crippen molar-refractivity contribution in [2.45, 2.75) is 0 Å². The molecule has 0 aliphatic rings. The van der Waals surface area contributed by atoms with Crippen LogP contribution in [0.2, 0.25) is 0 Å². The summed E-state index contributed by atoms with van der Waals surface area (Å²) in [4.78, 5) is 0. The quantitative estimate of drug-likeness (QED) is 0.604. The molecule has 0 atom stereocenters. The first kappa shape index (κ1) is 12.6. The summed E-state index contributed by atoms with van der Waals surface area (Å²) in [5.41, 5.74) is 0.595.